The quantitative estimate of drug-likeness (QED) is 0.316. The van der Waals surface area contributed by atoms with E-state index in [1.165, 1.54) is 17.2 Å². The number of likely N-dealkylation sites (tertiary alicyclic amines) is 1. The molecule has 6 rings (SSSR count). The molecular formula is C30H28ClF2N7O3. The van der Waals surface area contributed by atoms with Crippen molar-refractivity contribution in [2.24, 2.45) is 5.92 Å². The first-order chi connectivity index (χ1) is 20.7. The number of pyridine rings is 1. The van der Waals surface area contributed by atoms with Crippen molar-refractivity contribution < 1.29 is 23.4 Å². The number of hydrogen-bond acceptors (Lipinski definition) is 8. The van der Waals surface area contributed by atoms with Crippen molar-refractivity contribution in [2.75, 3.05) is 51.3 Å². The molecule has 0 saturated carbocycles. The first-order valence-electron chi connectivity index (χ1n) is 13.9. The van der Waals surface area contributed by atoms with E-state index in [1.54, 1.807) is 24.3 Å². The summed E-state index contributed by atoms with van der Waals surface area (Å²) < 4.78 is 37.0. The Bertz CT molecular complexity index is 1770. The first kappa shape index (κ1) is 28.8. The van der Waals surface area contributed by atoms with Gasteiger partial charge in [0, 0.05) is 49.2 Å². The minimum Gasteiger partial charge on any atom is -0.465 e. The van der Waals surface area contributed by atoms with E-state index >= 15 is 4.39 Å². The zero-order valence-electron chi connectivity index (χ0n) is 23.3. The summed E-state index contributed by atoms with van der Waals surface area (Å²) in [4.78, 5) is 30.6. The van der Waals surface area contributed by atoms with Crippen molar-refractivity contribution in [2.45, 2.75) is 18.9 Å². The number of hydrogen-bond donors (Lipinski definition) is 1. The van der Waals surface area contributed by atoms with E-state index in [0.29, 0.717) is 34.1 Å². The zero-order chi connectivity index (χ0) is 30.2. The fourth-order valence-electron chi connectivity index (χ4n) is 5.96. The standard InChI is InChI=1S/C30H28ClF2N7O3/c1-38-10-8-17(14-38)16-43-29-36-27-21(28(37-29)39-11-12-40(30(41)42)19(15-39)7-9-34)13-35-26(25(27)33)20-4-2-3-18-5-6-22(32)24(31)23(18)20/h2-6,13,17,19H,7-8,10-12,14-16H2,1H3,(H,41,42)/t17-,19+/m1/s1. The van der Waals surface area contributed by atoms with Crippen LogP contribution < -0.4 is 9.64 Å². The third kappa shape index (κ3) is 5.46. The first-order valence-corrected chi connectivity index (χ1v) is 14.3. The Labute approximate surface area is 251 Å². The summed E-state index contributed by atoms with van der Waals surface area (Å²) in [5, 5.41) is 20.1. The number of nitriles is 1. The van der Waals surface area contributed by atoms with Crippen LogP contribution in [0.4, 0.5) is 19.4 Å². The number of aromatic nitrogens is 3. The SMILES string of the molecule is CN1CC[C@@H](COc2nc(N3CCN(C(=O)O)[C@@H](CC#N)C3)c3cnc(-c4cccc5ccc(F)c(Cl)c45)c(F)c3n2)C1. The van der Waals surface area contributed by atoms with Gasteiger partial charge < -0.3 is 24.5 Å². The van der Waals surface area contributed by atoms with Crippen LogP contribution in [-0.2, 0) is 0 Å². The van der Waals surface area contributed by atoms with Gasteiger partial charge in [0.1, 0.15) is 22.8 Å². The van der Waals surface area contributed by atoms with Crippen LogP contribution in [0.3, 0.4) is 0 Å². The maximum atomic E-state index is 16.5. The summed E-state index contributed by atoms with van der Waals surface area (Å²) >= 11 is 6.34. The molecule has 13 heteroatoms. The van der Waals surface area contributed by atoms with Gasteiger partial charge in [-0.15, -0.1) is 0 Å². The molecule has 222 valence electrons. The number of rotatable bonds is 6. The Hall–Kier alpha value is -4.34. The highest BCUT2D eigenvalue weighted by molar-refractivity contribution is 6.36. The Balaban J connectivity index is 1.47. The van der Waals surface area contributed by atoms with Crippen LogP contribution in [0, 0.1) is 28.9 Å². The predicted octanol–water partition coefficient (Wildman–Crippen LogP) is 5.19. The Morgan fingerprint density at radius 2 is 2.02 bits per heavy atom. The van der Waals surface area contributed by atoms with Crippen LogP contribution in [-0.4, -0.2) is 88.4 Å². The molecular weight excluding hydrogens is 580 g/mol. The monoisotopic (exact) mass is 607 g/mol. The lowest BCUT2D eigenvalue weighted by atomic mass is 10.0. The number of piperazine rings is 1. The summed E-state index contributed by atoms with van der Waals surface area (Å²) in [6, 6.07) is 9.35. The number of halogens is 3. The smallest absolute Gasteiger partial charge is 0.407 e. The highest BCUT2D eigenvalue weighted by Gasteiger charge is 2.33. The second-order valence-electron chi connectivity index (χ2n) is 10.9. The van der Waals surface area contributed by atoms with Crippen LogP contribution in [0.5, 0.6) is 6.01 Å². The molecule has 0 radical (unpaired) electrons. The van der Waals surface area contributed by atoms with Crippen molar-refractivity contribution in [3.8, 4) is 23.3 Å². The molecule has 1 N–H and O–H groups in total. The fourth-order valence-corrected chi connectivity index (χ4v) is 6.23. The molecule has 0 unspecified atom stereocenters. The van der Waals surface area contributed by atoms with Gasteiger partial charge in [-0.2, -0.15) is 15.2 Å². The van der Waals surface area contributed by atoms with Gasteiger partial charge >= 0.3 is 12.1 Å². The maximum Gasteiger partial charge on any atom is 0.407 e. The molecule has 2 aliphatic heterocycles. The summed E-state index contributed by atoms with van der Waals surface area (Å²) in [6.45, 7) is 2.70. The lowest BCUT2D eigenvalue weighted by Gasteiger charge is -2.39. The number of amides is 1. The van der Waals surface area contributed by atoms with E-state index < -0.39 is 23.8 Å². The van der Waals surface area contributed by atoms with E-state index in [2.05, 4.69) is 25.9 Å². The number of fused-ring (bicyclic) bond motifs is 2. The van der Waals surface area contributed by atoms with Crippen molar-refractivity contribution in [3.05, 3.63) is 53.2 Å². The second kappa shape index (κ2) is 11.7. The van der Waals surface area contributed by atoms with Crippen LogP contribution in [0.2, 0.25) is 5.02 Å². The van der Waals surface area contributed by atoms with Crippen LogP contribution in [0.1, 0.15) is 12.8 Å². The highest BCUT2D eigenvalue weighted by Crippen LogP contribution is 2.38. The normalized spacial score (nSPS) is 19.2. The van der Waals surface area contributed by atoms with Gasteiger partial charge in [-0.1, -0.05) is 35.9 Å². The number of benzene rings is 2. The van der Waals surface area contributed by atoms with Gasteiger partial charge in [0.25, 0.3) is 0 Å². The molecule has 2 atom stereocenters. The highest BCUT2D eigenvalue weighted by atomic mass is 35.5. The average Bonchev–Trinajstić information content (AvgIpc) is 3.42. The van der Waals surface area contributed by atoms with Crippen molar-refractivity contribution in [1.29, 1.82) is 5.26 Å². The number of anilines is 1. The number of carboxylic acid groups (broad SMARTS) is 1. The average molecular weight is 608 g/mol. The predicted molar refractivity (Wildman–Crippen MR) is 157 cm³/mol. The molecule has 0 bridgehead atoms. The van der Waals surface area contributed by atoms with Gasteiger partial charge in [-0.3, -0.25) is 4.98 Å². The summed E-state index contributed by atoms with van der Waals surface area (Å²) in [6.07, 6.45) is 1.28. The van der Waals surface area contributed by atoms with Gasteiger partial charge in [0.2, 0.25) is 0 Å². The Kier molecular flexibility index (Phi) is 7.85. The van der Waals surface area contributed by atoms with Gasteiger partial charge in [-0.05, 0) is 31.5 Å². The zero-order valence-corrected chi connectivity index (χ0v) is 24.1. The largest absolute Gasteiger partial charge is 0.465 e. The molecule has 2 fully saturated rings. The van der Waals surface area contributed by atoms with Crippen molar-refractivity contribution in [1.82, 2.24) is 24.8 Å². The summed E-state index contributed by atoms with van der Waals surface area (Å²) in [7, 11) is 2.04. The molecule has 2 aromatic heterocycles. The molecule has 1 amide bonds. The molecule has 0 aliphatic carbocycles. The van der Waals surface area contributed by atoms with Crippen LogP contribution in [0.25, 0.3) is 32.9 Å². The van der Waals surface area contributed by atoms with Gasteiger partial charge in [0.15, 0.2) is 5.82 Å². The minimum atomic E-state index is -1.11. The lowest BCUT2D eigenvalue weighted by molar-refractivity contribution is 0.119. The molecule has 2 saturated heterocycles. The molecule has 4 heterocycles. The van der Waals surface area contributed by atoms with Crippen molar-refractivity contribution in [3.63, 3.8) is 0 Å². The maximum absolute atomic E-state index is 16.5. The third-order valence-electron chi connectivity index (χ3n) is 8.13. The second-order valence-corrected chi connectivity index (χ2v) is 11.3. The topological polar surface area (TPSA) is 119 Å². The minimum absolute atomic E-state index is 0.0144. The summed E-state index contributed by atoms with van der Waals surface area (Å²) in [5.74, 6) is -0.792. The number of ether oxygens (including phenoxy) is 1. The van der Waals surface area contributed by atoms with Crippen LogP contribution >= 0.6 is 11.6 Å². The third-order valence-corrected chi connectivity index (χ3v) is 8.50. The number of carbonyl (C=O) groups is 1. The lowest BCUT2D eigenvalue weighted by Crippen LogP contribution is -2.55. The molecule has 0 spiro atoms. The van der Waals surface area contributed by atoms with E-state index in [1.807, 2.05) is 11.9 Å². The van der Waals surface area contributed by atoms with Crippen LogP contribution in [0.15, 0.2) is 36.5 Å². The van der Waals surface area contributed by atoms with Gasteiger partial charge in [0.05, 0.1) is 35.5 Å². The Morgan fingerprint density at radius 3 is 2.77 bits per heavy atom. The molecule has 2 aromatic carbocycles. The van der Waals surface area contributed by atoms with E-state index in [4.69, 9.17) is 16.3 Å². The molecule has 4 aromatic rings. The van der Waals surface area contributed by atoms with E-state index in [9.17, 15) is 19.6 Å². The van der Waals surface area contributed by atoms with Gasteiger partial charge in [-0.25, -0.2) is 13.6 Å². The Morgan fingerprint density at radius 1 is 1.19 bits per heavy atom. The van der Waals surface area contributed by atoms with Crippen molar-refractivity contribution >= 4 is 45.2 Å². The number of nitrogens with zero attached hydrogens (tertiary/aromatic N) is 7. The molecule has 10 nitrogen and oxygen atoms in total. The molecule has 2 aliphatic rings. The molecule has 43 heavy (non-hydrogen) atoms. The fraction of sp³-hybridized carbons (Fsp3) is 0.367. The van der Waals surface area contributed by atoms with E-state index in [0.717, 1.165) is 19.5 Å². The summed E-state index contributed by atoms with van der Waals surface area (Å²) in [5.41, 5.74) is 0.203. The van der Waals surface area contributed by atoms with E-state index in [-0.39, 0.29) is 54.2 Å².